The maximum Gasteiger partial charge on any atom is 0.431 e. The Labute approximate surface area is 156 Å². The topological polar surface area (TPSA) is 75.3 Å². The summed E-state index contributed by atoms with van der Waals surface area (Å²) in [6.45, 7) is 1.09. The highest BCUT2D eigenvalue weighted by atomic mass is 19.4. The van der Waals surface area contributed by atoms with Gasteiger partial charge in [-0.3, -0.25) is 4.90 Å². The summed E-state index contributed by atoms with van der Waals surface area (Å²) in [4.78, 5) is 30.3. The lowest BCUT2D eigenvalue weighted by atomic mass is 9.97. The minimum Gasteiger partial charge on any atom is -0.450 e. The average Bonchev–Trinajstić information content (AvgIpc) is 2.62. The first-order valence-electron chi connectivity index (χ1n) is 8.27. The summed E-state index contributed by atoms with van der Waals surface area (Å²) >= 11 is 0. The molecule has 0 atom stereocenters. The van der Waals surface area contributed by atoms with Crippen molar-refractivity contribution in [1.29, 1.82) is 0 Å². The summed E-state index contributed by atoms with van der Waals surface area (Å²) in [6, 6.07) is 5.21. The third-order valence-corrected chi connectivity index (χ3v) is 4.07. The van der Waals surface area contributed by atoms with Crippen molar-refractivity contribution in [3.8, 4) is 0 Å². The molecule has 0 saturated heterocycles. The van der Waals surface area contributed by atoms with Crippen LogP contribution in [-0.2, 0) is 17.5 Å². The van der Waals surface area contributed by atoms with Crippen molar-refractivity contribution in [2.45, 2.75) is 19.6 Å². The van der Waals surface area contributed by atoms with E-state index in [4.69, 9.17) is 4.74 Å². The van der Waals surface area contributed by atoms with Crippen LogP contribution in [0.1, 0.15) is 29.4 Å². The molecule has 2 heterocycles. The van der Waals surface area contributed by atoms with Crippen molar-refractivity contribution >= 4 is 17.7 Å². The summed E-state index contributed by atoms with van der Waals surface area (Å²) in [6.07, 6.45) is -4.18. The van der Waals surface area contributed by atoms with Crippen LogP contribution in [0.3, 0.4) is 0 Å². The number of nitrogens with zero attached hydrogens (tertiary/aromatic N) is 2. The van der Waals surface area contributed by atoms with Gasteiger partial charge >= 0.3 is 18.0 Å². The number of amides is 1. The van der Waals surface area contributed by atoms with Crippen LogP contribution >= 0.6 is 0 Å². The van der Waals surface area contributed by atoms with Crippen molar-refractivity contribution < 1.29 is 27.1 Å². The predicted molar refractivity (Wildman–Crippen MR) is 91.6 cm³/mol. The fourth-order valence-corrected chi connectivity index (χ4v) is 2.90. The molecule has 1 amide bonds. The molecule has 0 bridgehead atoms. The number of nitrogens with one attached hydrogen (secondary N) is 1. The summed E-state index contributed by atoms with van der Waals surface area (Å²) in [5, 5.41) is 0. The third-order valence-electron chi connectivity index (χ3n) is 4.07. The minimum atomic E-state index is -4.84. The van der Waals surface area contributed by atoms with Crippen LogP contribution in [0.5, 0.6) is 0 Å². The molecule has 0 fully saturated rings. The van der Waals surface area contributed by atoms with Crippen LogP contribution in [0.2, 0.25) is 0 Å². The van der Waals surface area contributed by atoms with E-state index in [1.54, 1.807) is 11.9 Å². The summed E-state index contributed by atoms with van der Waals surface area (Å²) < 4.78 is 58.3. The number of alkyl halides is 3. The first-order chi connectivity index (χ1) is 13.2. The number of aromatic amines is 1. The van der Waals surface area contributed by atoms with E-state index in [1.165, 1.54) is 30.3 Å². The van der Waals surface area contributed by atoms with Gasteiger partial charge in [-0.25, -0.2) is 14.0 Å². The molecule has 148 valence electrons. The van der Waals surface area contributed by atoms with E-state index in [1.807, 2.05) is 0 Å². The second kappa shape index (κ2) is 7.45. The Bertz CT molecular complexity index is 981. The van der Waals surface area contributed by atoms with Gasteiger partial charge in [0.15, 0.2) is 0 Å². The number of carbonyl (C=O) groups is 1. The molecule has 0 spiro atoms. The molecule has 1 aliphatic heterocycles. The highest BCUT2D eigenvalue weighted by Gasteiger charge is 2.39. The van der Waals surface area contributed by atoms with E-state index < -0.39 is 36.0 Å². The molecule has 1 aromatic heterocycles. The number of halogens is 4. The third kappa shape index (κ3) is 4.05. The first-order valence-corrected chi connectivity index (χ1v) is 8.27. The van der Waals surface area contributed by atoms with E-state index >= 15 is 0 Å². The van der Waals surface area contributed by atoms with Gasteiger partial charge < -0.3 is 9.72 Å². The van der Waals surface area contributed by atoms with Gasteiger partial charge in [-0.1, -0.05) is 12.1 Å². The number of rotatable bonds is 2. The zero-order valence-electron chi connectivity index (χ0n) is 14.6. The predicted octanol–water partition coefficient (Wildman–Crippen LogP) is 3.44. The highest BCUT2D eigenvalue weighted by molar-refractivity contribution is 5.86. The summed E-state index contributed by atoms with van der Waals surface area (Å²) in [5.41, 5.74) is -2.22. The van der Waals surface area contributed by atoms with Crippen molar-refractivity contribution in [2.24, 2.45) is 0 Å². The number of aromatic nitrogens is 2. The highest BCUT2D eigenvalue weighted by Crippen LogP contribution is 2.36. The Balaban J connectivity index is 2.17. The Kier molecular flexibility index (Phi) is 5.21. The zero-order chi connectivity index (χ0) is 20.5. The lowest BCUT2D eigenvalue weighted by molar-refractivity contribution is -0.142. The Morgan fingerprint density at radius 1 is 1.29 bits per heavy atom. The molecular formula is C18H15F4N3O3. The van der Waals surface area contributed by atoms with Gasteiger partial charge in [0.05, 0.1) is 25.4 Å². The second-order valence-electron chi connectivity index (χ2n) is 6.02. The fourth-order valence-electron chi connectivity index (χ4n) is 2.90. The molecule has 1 N–H and O–H groups in total. The summed E-state index contributed by atoms with van der Waals surface area (Å²) in [7, 11) is 0. The van der Waals surface area contributed by atoms with E-state index in [9.17, 15) is 27.2 Å². The fraction of sp³-hybridized carbons (Fsp3) is 0.278. The Morgan fingerprint density at radius 2 is 1.96 bits per heavy atom. The van der Waals surface area contributed by atoms with Crippen molar-refractivity contribution in [3.63, 3.8) is 0 Å². The molecule has 0 unspecified atom stereocenters. The van der Waals surface area contributed by atoms with Gasteiger partial charge in [0.2, 0.25) is 0 Å². The molecule has 0 saturated carbocycles. The number of benzene rings is 1. The minimum absolute atomic E-state index is 0.0508. The Morgan fingerprint density at radius 3 is 2.57 bits per heavy atom. The van der Waals surface area contributed by atoms with E-state index in [2.05, 4.69) is 4.98 Å². The quantitative estimate of drug-likeness (QED) is 0.788. The van der Waals surface area contributed by atoms with Gasteiger partial charge in [0, 0.05) is 5.56 Å². The van der Waals surface area contributed by atoms with Crippen LogP contribution in [-0.4, -0.2) is 34.1 Å². The lowest BCUT2D eigenvalue weighted by Crippen LogP contribution is -2.39. The van der Waals surface area contributed by atoms with Crippen LogP contribution < -0.4 is 5.69 Å². The molecule has 28 heavy (non-hydrogen) atoms. The van der Waals surface area contributed by atoms with Crippen LogP contribution in [0.15, 0.2) is 29.1 Å². The standard InChI is InChI=1S/C18H15F4N3O3/c1-2-28-17(27)25-8-11(7-10-3-5-12(19)6-4-10)14-13(9-25)15(18(20,21)22)24-16(26)23-14/h3-7H,2,8-9H2,1H3,(H,23,24,26)/b11-7+. The zero-order valence-corrected chi connectivity index (χ0v) is 14.6. The first kappa shape index (κ1) is 19.6. The molecule has 0 radical (unpaired) electrons. The molecule has 1 aliphatic rings. The van der Waals surface area contributed by atoms with Gasteiger partial charge in [0.1, 0.15) is 11.5 Å². The molecule has 3 rings (SSSR count). The maximum absolute atomic E-state index is 13.4. The van der Waals surface area contributed by atoms with Crippen molar-refractivity contribution in [2.75, 3.05) is 13.2 Å². The van der Waals surface area contributed by atoms with E-state index in [-0.39, 0.29) is 30.0 Å². The second-order valence-corrected chi connectivity index (χ2v) is 6.02. The molecule has 0 aliphatic carbocycles. The number of ether oxygens (including phenoxy) is 1. The molecular weight excluding hydrogens is 382 g/mol. The molecule has 10 heteroatoms. The van der Waals surface area contributed by atoms with Crippen molar-refractivity contribution in [1.82, 2.24) is 14.9 Å². The van der Waals surface area contributed by atoms with Crippen LogP contribution in [0, 0.1) is 5.82 Å². The monoisotopic (exact) mass is 397 g/mol. The lowest BCUT2D eigenvalue weighted by Gasteiger charge is -2.30. The van der Waals surface area contributed by atoms with Crippen LogP contribution in [0.4, 0.5) is 22.4 Å². The van der Waals surface area contributed by atoms with Gasteiger partial charge in [0.25, 0.3) is 0 Å². The Hall–Kier alpha value is -3.17. The molecule has 1 aromatic carbocycles. The number of fused-ring (bicyclic) bond motifs is 1. The number of carbonyl (C=O) groups excluding carboxylic acids is 1. The number of H-pyrrole nitrogens is 1. The number of hydrogen-bond acceptors (Lipinski definition) is 4. The van der Waals surface area contributed by atoms with Crippen LogP contribution in [0.25, 0.3) is 11.6 Å². The van der Waals surface area contributed by atoms with Gasteiger partial charge in [-0.15, -0.1) is 0 Å². The molecule has 2 aromatic rings. The van der Waals surface area contributed by atoms with Crippen molar-refractivity contribution in [3.05, 3.63) is 63.1 Å². The van der Waals surface area contributed by atoms with E-state index in [0.29, 0.717) is 5.56 Å². The maximum atomic E-state index is 13.4. The normalized spacial score (nSPS) is 15.5. The average molecular weight is 397 g/mol. The molecule has 6 nitrogen and oxygen atoms in total. The van der Waals surface area contributed by atoms with E-state index in [0.717, 1.165) is 4.90 Å². The number of hydrogen-bond donors (Lipinski definition) is 1. The smallest absolute Gasteiger partial charge is 0.431 e. The SMILES string of the molecule is CCOC(=O)N1C/C(=C\c2ccc(F)cc2)c2nc(=O)[nH]c(C(F)(F)F)c2C1. The van der Waals surface area contributed by atoms with Gasteiger partial charge in [-0.2, -0.15) is 18.2 Å². The largest absolute Gasteiger partial charge is 0.450 e. The van der Waals surface area contributed by atoms with Gasteiger partial charge in [-0.05, 0) is 36.3 Å². The summed E-state index contributed by atoms with van der Waals surface area (Å²) in [5.74, 6) is -0.478.